The molecular formula is C24H20O6S. The SMILES string of the molecule is CCOc1ccc2c(c1)O/C(=C\c1cccc(OCC)c1OC(=O)c1cccs1)C2=O. The van der Waals surface area contributed by atoms with Crippen LogP contribution in [0, 0.1) is 0 Å². The van der Waals surface area contributed by atoms with Crippen LogP contribution in [0.1, 0.15) is 39.4 Å². The van der Waals surface area contributed by atoms with Crippen LogP contribution in [-0.2, 0) is 0 Å². The van der Waals surface area contributed by atoms with Crippen molar-refractivity contribution < 1.29 is 28.5 Å². The first-order valence-electron chi connectivity index (χ1n) is 9.83. The second-order valence-electron chi connectivity index (χ2n) is 6.51. The highest BCUT2D eigenvalue weighted by Crippen LogP contribution is 2.38. The van der Waals surface area contributed by atoms with Gasteiger partial charge in [-0.1, -0.05) is 18.2 Å². The number of esters is 1. The summed E-state index contributed by atoms with van der Waals surface area (Å²) >= 11 is 1.28. The molecule has 0 atom stereocenters. The third kappa shape index (κ3) is 4.32. The van der Waals surface area contributed by atoms with Crippen LogP contribution in [0.3, 0.4) is 0 Å². The highest BCUT2D eigenvalue weighted by Gasteiger charge is 2.28. The van der Waals surface area contributed by atoms with Crippen molar-refractivity contribution in [3.05, 3.63) is 75.7 Å². The lowest BCUT2D eigenvalue weighted by Gasteiger charge is -2.13. The summed E-state index contributed by atoms with van der Waals surface area (Å²) in [6.45, 7) is 4.63. The Bertz CT molecular complexity index is 1150. The van der Waals surface area contributed by atoms with E-state index in [9.17, 15) is 9.59 Å². The maximum Gasteiger partial charge on any atom is 0.353 e. The third-order valence-electron chi connectivity index (χ3n) is 4.47. The quantitative estimate of drug-likeness (QED) is 0.281. The number of rotatable bonds is 7. The molecule has 2 heterocycles. The first-order valence-corrected chi connectivity index (χ1v) is 10.7. The molecule has 0 saturated carbocycles. The molecule has 0 bridgehead atoms. The lowest BCUT2D eigenvalue weighted by molar-refractivity contribution is 0.0733. The topological polar surface area (TPSA) is 71.1 Å². The molecule has 4 rings (SSSR count). The Labute approximate surface area is 183 Å². The van der Waals surface area contributed by atoms with E-state index in [-0.39, 0.29) is 17.3 Å². The van der Waals surface area contributed by atoms with Crippen molar-refractivity contribution in [2.75, 3.05) is 13.2 Å². The zero-order chi connectivity index (χ0) is 21.8. The number of allylic oxidation sites excluding steroid dienone is 1. The highest BCUT2D eigenvalue weighted by atomic mass is 32.1. The van der Waals surface area contributed by atoms with E-state index in [0.29, 0.717) is 46.5 Å². The fraction of sp³-hybridized carbons (Fsp3) is 0.167. The predicted molar refractivity (Wildman–Crippen MR) is 117 cm³/mol. The molecule has 1 aliphatic rings. The summed E-state index contributed by atoms with van der Waals surface area (Å²) in [7, 11) is 0. The molecule has 158 valence electrons. The van der Waals surface area contributed by atoms with E-state index in [4.69, 9.17) is 18.9 Å². The van der Waals surface area contributed by atoms with E-state index in [0.717, 1.165) is 0 Å². The number of thiophene rings is 1. The lowest BCUT2D eigenvalue weighted by atomic mass is 10.1. The minimum Gasteiger partial charge on any atom is -0.494 e. The van der Waals surface area contributed by atoms with Crippen molar-refractivity contribution in [1.29, 1.82) is 0 Å². The van der Waals surface area contributed by atoms with Gasteiger partial charge in [-0.15, -0.1) is 11.3 Å². The van der Waals surface area contributed by atoms with Crippen LogP contribution in [0.5, 0.6) is 23.0 Å². The molecule has 2 aromatic carbocycles. The summed E-state index contributed by atoms with van der Waals surface area (Å²) < 4.78 is 22.6. The van der Waals surface area contributed by atoms with Crippen LogP contribution >= 0.6 is 11.3 Å². The maximum absolute atomic E-state index is 12.8. The number of ketones is 1. The molecule has 6 nitrogen and oxygen atoms in total. The Kier molecular flexibility index (Phi) is 6.04. The average Bonchev–Trinajstić information content (AvgIpc) is 3.40. The van der Waals surface area contributed by atoms with Crippen molar-refractivity contribution >= 4 is 29.2 Å². The van der Waals surface area contributed by atoms with E-state index in [1.54, 1.807) is 60.0 Å². The monoisotopic (exact) mass is 436 g/mol. The standard InChI is InChI=1S/C24H20O6S/c1-3-27-16-10-11-17-19(14-16)29-20(22(17)25)13-15-7-5-8-18(28-4-2)23(15)30-24(26)21-9-6-12-31-21/h5-14H,3-4H2,1-2H3/b20-13-. The van der Waals surface area contributed by atoms with Gasteiger partial charge in [-0.25, -0.2) is 4.79 Å². The van der Waals surface area contributed by atoms with Crippen molar-refractivity contribution in [2.24, 2.45) is 0 Å². The fourth-order valence-corrected chi connectivity index (χ4v) is 3.73. The van der Waals surface area contributed by atoms with Crippen LogP contribution in [0.15, 0.2) is 59.7 Å². The minimum atomic E-state index is -0.495. The molecule has 0 aliphatic carbocycles. The normalized spacial score (nSPS) is 13.6. The predicted octanol–water partition coefficient (Wildman–Crippen LogP) is 5.38. The second-order valence-corrected chi connectivity index (χ2v) is 7.45. The molecule has 7 heteroatoms. The number of hydrogen-bond acceptors (Lipinski definition) is 7. The molecule has 1 aromatic heterocycles. The number of carbonyl (C=O) groups excluding carboxylic acids is 2. The summed E-state index contributed by atoms with van der Waals surface area (Å²) in [5, 5.41) is 1.80. The van der Waals surface area contributed by atoms with E-state index < -0.39 is 5.97 Å². The Balaban J connectivity index is 1.69. The van der Waals surface area contributed by atoms with E-state index >= 15 is 0 Å². The van der Waals surface area contributed by atoms with Crippen LogP contribution in [-0.4, -0.2) is 25.0 Å². The highest BCUT2D eigenvalue weighted by molar-refractivity contribution is 7.12. The Hall–Kier alpha value is -3.58. The molecule has 0 spiro atoms. The molecule has 0 radical (unpaired) electrons. The fourth-order valence-electron chi connectivity index (χ4n) is 3.13. The number of ether oxygens (including phenoxy) is 4. The van der Waals surface area contributed by atoms with E-state index in [1.165, 1.54) is 11.3 Å². The van der Waals surface area contributed by atoms with Crippen LogP contribution < -0.4 is 18.9 Å². The molecule has 0 N–H and O–H groups in total. The van der Waals surface area contributed by atoms with E-state index in [2.05, 4.69) is 0 Å². The van der Waals surface area contributed by atoms with Gasteiger partial charge in [0.2, 0.25) is 5.78 Å². The Morgan fingerprint density at radius 2 is 1.90 bits per heavy atom. The maximum atomic E-state index is 12.8. The Morgan fingerprint density at radius 1 is 1.06 bits per heavy atom. The van der Waals surface area contributed by atoms with Gasteiger partial charge >= 0.3 is 5.97 Å². The van der Waals surface area contributed by atoms with Crippen LogP contribution in [0.4, 0.5) is 0 Å². The smallest absolute Gasteiger partial charge is 0.353 e. The Morgan fingerprint density at radius 3 is 2.65 bits per heavy atom. The molecule has 0 fully saturated rings. The van der Waals surface area contributed by atoms with Gasteiger partial charge in [-0.05, 0) is 49.6 Å². The van der Waals surface area contributed by atoms with Crippen molar-refractivity contribution in [1.82, 2.24) is 0 Å². The zero-order valence-corrected chi connectivity index (χ0v) is 17.9. The number of Topliss-reactive ketones (excluding diaryl/α,β-unsaturated/α-hetero) is 1. The molecule has 0 amide bonds. The van der Waals surface area contributed by atoms with Crippen molar-refractivity contribution in [3.63, 3.8) is 0 Å². The van der Waals surface area contributed by atoms with E-state index in [1.807, 2.05) is 13.8 Å². The number of carbonyl (C=O) groups is 2. The number of fused-ring (bicyclic) bond motifs is 1. The summed E-state index contributed by atoms with van der Waals surface area (Å²) in [5.74, 6) is 1.08. The van der Waals surface area contributed by atoms with Gasteiger partial charge in [0.15, 0.2) is 17.3 Å². The van der Waals surface area contributed by atoms with Gasteiger partial charge in [0.25, 0.3) is 0 Å². The number of para-hydroxylation sites is 1. The summed E-state index contributed by atoms with van der Waals surface area (Å²) in [4.78, 5) is 25.9. The molecule has 3 aromatic rings. The van der Waals surface area contributed by atoms with Gasteiger partial charge in [0.05, 0.1) is 18.8 Å². The minimum absolute atomic E-state index is 0.130. The van der Waals surface area contributed by atoms with Gasteiger partial charge in [-0.2, -0.15) is 0 Å². The number of hydrogen-bond donors (Lipinski definition) is 0. The molecule has 31 heavy (non-hydrogen) atoms. The lowest BCUT2D eigenvalue weighted by Crippen LogP contribution is -2.09. The van der Waals surface area contributed by atoms with Gasteiger partial charge in [-0.3, -0.25) is 4.79 Å². The van der Waals surface area contributed by atoms with Crippen LogP contribution in [0.25, 0.3) is 6.08 Å². The summed E-state index contributed by atoms with van der Waals surface area (Å²) in [6, 6.07) is 13.8. The van der Waals surface area contributed by atoms with Gasteiger partial charge in [0, 0.05) is 11.6 Å². The number of benzene rings is 2. The summed E-state index contributed by atoms with van der Waals surface area (Å²) in [6.07, 6.45) is 1.56. The van der Waals surface area contributed by atoms with Gasteiger partial charge in [0.1, 0.15) is 16.4 Å². The van der Waals surface area contributed by atoms with Crippen molar-refractivity contribution in [2.45, 2.75) is 13.8 Å². The van der Waals surface area contributed by atoms with Gasteiger partial charge < -0.3 is 18.9 Å². The third-order valence-corrected chi connectivity index (χ3v) is 5.32. The first-order chi connectivity index (χ1) is 15.1. The average molecular weight is 436 g/mol. The molecule has 1 aliphatic heterocycles. The summed E-state index contributed by atoms with van der Waals surface area (Å²) in [5.41, 5.74) is 0.949. The zero-order valence-electron chi connectivity index (χ0n) is 17.0. The second kappa shape index (κ2) is 9.06. The molecule has 0 unspecified atom stereocenters. The molecular weight excluding hydrogens is 416 g/mol. The van der Waals surface area contributed by atoms with Crippen LogP contribution in [0.2, 0.25) is 0 Å². The first kappa shape index (κ1) is 20.7. The molecule has 0 saturated heterocycles. The van der Waals surface area contributed by atoms with Crippen molar-refractivity contribution in [3.8, 4) is 23.0 Å². The largest absolute Gasteiger partial charge is 0.494 e.